The molecule has 5 heteroatoms. The number of fused-ring (bicyclic) bond motifs is 4. The molecule has 0 bridgehead atoms. The molecule has 4 aromatic carbocycles. The van der Waals surface area contributed by atoms with Crippen molar-refractivity contribution < 1.29 is 14.7 Å². The average Bonchev–Trinajstić information content (AvgIpc) is 2.78. The van der Waals surface area contributed by atoms with Gasteiger partial charge in [0.15, 0.2) is 0 Å². The van der Waals surface area contributed by atoms with E-state index < -0.39 is 14.6 Å². The predicted molar refractivity (Wildman–Crippen MR) is 143 cm³/mol. The molecule has 1 aliphatic rings. The maximum atomic E-state index is 9.14. The van der Waals surface area contributed by atoms with Crippen molar-refractivity contribution in [1.82, 2.24) is 0 Å². The Kier molecular flexibility index (Phi) is 7.05. The zero-order valence-electron chi connectivity index (χ0n) is 19.3. The molecule has 4 aromatic rings. The van der Waals surface area contributed by atoms with Crippen molar-refractivity contribution in [1.29, 1.82) is 0 Å². The van der Waals surface area contributed by atoms with Crippen LogP contribution in [-0.2, 0) is 0 Å². The van der Waals surface area contributed by atoms with Crippen molar-refractivity contribution >= 4 is 46.9 Å². The summed E-state index contributed by atoms with van der Waals surface area (Å²) in [7, 11) is -2.59. The van der Waals surface area contributed by atoms with Crippen LogP contribution in [0.4, 0.5) is 0 Å². The van der Waals surface area contributed by atoms with Gasteiger partial charge in [0.1, 0.15) is 5.75 Å². The van der Waals surface area contributed by atoms with E-state index >= 15 is 0 Å². The summed E-state index contributed by atoms with van der Waals surface area (Å²) in [5.41, 5.74) is 1.14. The minimum absolute atomic E-state index is 0.466. The van der Waals surface area contributed by atoms with Gasteiger partial charge in [-0.05, 0) is 45.1 Å². The number of hydrogen-bond donors (Lipinski definition) is 2. The molecule has 0 amide bonds. The van der Waals surface area contributed by atoms with Crippen LogP contribution in [0.5, 0.6) is 5.75 Å². The Balaban J connectivity index is 0.000000207. The van der Waals surface area contributed by atoms with Crippen molar-refractivity contribution in [3.63, 3.8) is 0 Å². The van der Waals surface area contributed by atoms with E-state index in [4.69, 9.17) is 14.7 Å². The van der Waals surface area contributed by atoms with E-state index in [0.29, 0.717) is 5.75 Å². The Morgan fingerprint density at radius 3 is 2.00 bits per heavy atom. The smallest absolute Gasteiger partial charge is 0.511 e. The van der Waals surface area contributed by atoms with Crippen molar-refractivity contribution in [2.24, 2.45) is 0 Å². The SMILES string of the molecule is C[PH](C)(C)C1CCCCC1.OB(O)Oc1cccc2ccc3cc4ccccc4cc3c12. The fraction of sp³-hybridized carbons (Fsp3) is 0.333. The number of hydrogen-bond acceptors (Lipinski definition) is 3. The zero-order valence-corrected chi connectivity index (χ0v) is 20.3. The standard InChI is InChI=1S/C18H13BO3.C9H21P/c20-19(21)22-17-7-3-6-12-8-9-15-10-13-4-1-2-5-14(13)11-16(15)18(12)17;1-10(2,3)9-7-5-4-6-8-9/h1-11,20-21H;9-10H,4-8H2,1-3H3. The second kappa shape index (κ2) is 9.79. The van der Waals surface area contributed by atoms with Crippen LogP contribution >= 0.6 is 7.26 Å². The molecule has 0 aliphatic heterocycles. The third kappa shape index (κ3) is 5.26. The van der Waals surface area contributed by atoms with Crippen molar-refractivity contribution in [2.75, 3.05) is 20.0 Å². The first-order valence-electron chi connectivity index (χ1n) is 11.7. The van der Waals surface area contributed by atoms with E-state index in [1.807, 2.05) is 30.3 Å². The monoisotopic (exact) mass is 448 g/mol. The largest absolute Gasteiger partial charge is 0.707 e. The fourth-order valence-electron chi connectivity index (χ4n) is 4.95. The maximum absolute atomic E-state index is 9.14. The van der Waals surface area contributed by atoms with Crippen LogP contribution in [0.1, 0.15) is 32.1 Å². The summed E-state index contributed by atoms with van der Waals surface area (Å²) in [6, 6.07) is 22.1. The minimum Gasteiger partial charge on any atom is -0.511 e. The van der Waals surface area contributed by atoms with Gasteiger partial charge in [0.2, 0.25) is 0 Å². The van der Waals surface area contributed by atoms with Gasteiger partial charge in [0.05, 0.1) is 0 Å². The van der Waals surface area contributed by atoms with Crippen LogP contribution in [0.15, 0.2) is 66.7 Å². The second-order valence-corrected chi connectivity index (χ2v) is 15.5. The first-order chi connectivity index (χ1) is 15.3. The number of benzene rings is 4. The van der Waals surface area contributed by atoms with Gasteiger partial charge < -0.3 is 14.7 Å². The van der Waals surface area contributed by atoms with Crippen molar-refractivity contribution in [3.8, 4) is 5.75 Å². The maximum Gasteiger partial charge on any atom is 0.707 e. The first kappa shape index (κ1) is 23.0. The molecule has 168 valence electrons. The van der Waals surface area contributed by atoms with Crippen molar-refractivity contribution in [3.05, 3.63) is 66.7 Å². The Hall–Kier alpha value is -2.13. The zero-order chi connectivity index (χ0) is 22.7. The Morgan fingerprint density at radius 2 is 1.38 bits per heavy atom. The fourth-order valence-corrected chi connectivity index (χ4v) is 7.09. The van der Waals surface area contributed by atoms with E-state index in [-0.39, 0.29) is 0 Å². The Labute approximate surface area is 191 Å². The molecule has 3 nitrogen and oxygen atoms in total. The molecule has 1 saturated carbocycles. The molecule has 32 heavy (non-hydrogen) atoms. The topological polar surface area (TPSA) is 49.7 Å². The third-order valence-electron chi connectivity index (χ3n) is 6.75. The van der Waals surface area contributed by atoms with E-state index in [1.54, 1.807) is 6.07 Å². The molecule has 5 rings (SSSR count). The summed E-state index contributed by atoms with van der Waals surface area (Å²) in [5, 5.41) is 24.6. The van der Waals surface area contributed by atoms with Gasteiger partial charge >= 0.3 is 72.3 Å². The van der Waals surface area contributed by atoms with Crippen molar-refractivity contribution in [2.45, 2.75) is 37.8 Å². The molecular formula is C27H34BO3P. The third-order valence-corrected chi connectivity index (χ3v) is 9.78. The predicted octanol–water partition coefficient (Wildman–Crippen LogP) is 6.45. The Morgan fingerprint density at radius 1 is 0.750 bits per heavy atom. The van der Waals surface area contributed by atoms with Crippen LogP contribution in [-0.4, -0.2) is 43.0 Å². The summed E-state index contributed by atoms with van der Waals surface area (Å²) in [6.45, 7) is 7.55. The molecule has 0 spiro atoms. The molecule has 0 unspecified atom stereocenters. The quantitative estimate of drug-likeness (QED) is 0.164. The van der Waals surface area contributed by atoms with Gasteiger partial charge in [0.25, 0.3) is 0 Å². The van der Waals surface area contributed by atoms with Crippen LogP contribution in [0, 0.1) is 0 Å². The molecular weight excluding hydrogens is 414 g/mol. The summed E-state index contributed by atoms with van der Waals surface area (Å²) in [6.07, 6.45) is 7.59. The summed E-state index contributed by atoms with van der Waals surface area (Å²) < 4.78 is 5.16. The second-order valence-electron chi connectivity index (χ2n) is 9.99. The summed E-state index contributed by atoms with van der Waals surface area (Å²) in [4.78, 5) is 0. The van der Waals surface area contributed by atoms with E-state index in [9.17, 15) is 0 Å². The van der Waals surface area contributed by atoms with E-state index in [2.05, 4.69) is 50.3 Å². The van der Waals surface area contributed by atoms with Crippen LogP contribution in [0.3, 0.4) is 0 Å². The molecule has 1 aliphatic carbocycles. The molecule has 0 heterocycles. The Bertz CT molecular complexity index is 1210. The van der Waals surface area contributed by atoms with Gasteiger partial charge in [-0.2, -0.15) is 0 Å². The van der Waals surface area contributed by atoms with Gasteiger partial charge in [-0.15, -0.1) is 0 Å². The van der Waals surface area contributed by atoms with E-state index in [0.717, 1.165) is 32.6 Å². The molecule has 2 N–H and O–H groups in total. The summed E-state index contributed by atoms with van der Waals surface area (Å²) >= 11 is 0. The molecule has 0 saturated heterocycles. The average molecular weight is 448 g/mol. The van der Waals surface area contributed by atoms with Gasteiger partial charge in [-0.3, -0.25) is 0 Å². The number of rotatable bonds is 3. The van der Waals surface area contributed by atoms with Crippen LogP contribution in [0.25, 0.3) is 32.3 Å². The molecule has 1 fully saturated rings. The van der Waals surface area contributed by atoms with Crippen LogP contribution in [0.2, 0.25) is 0 Å². The van der Waals surface area contributed by atoms with Gasteiger partial charge in [0, 0.05) is 5.39 Å². The molecule has 0 atom stereocenters. The van der Waals surface area contributed by atoms with Crippen LogP contribution < -0.4 is 4.65 Å². The molecule has 0 aromatic heterocycles. The van der Waals surface area contributed by atoms with Gasteiger partial charge in [-0.25, -0.2) is 0 Å². The normalized spacial score (nSPS) is 15.4. The minimum atomic E-state index is -1.83. The van der Waals surface area contributed by atoms with E-state index in [1.165, 1.54) is 37.5 Å². The molecule has 0 radical (unpaired) electrons. The first-order valence-corrected chi connectivity index (χ1v) is 15.3. The van der Waals surface area contributed by atoms with Gasteiger partial charge in [-0.1, -0.05) is 48.5 Å². The summed E-state index contributed by atoms with van der Waals surface area (Å²) in [5.74, 6) is 0.466.